The molecule has 2 aromatic carbocycles. The van der Waals surface area contributed by atoms with Crippen LogP contribution in [0.15, 0.2) is 73.3 Å². The summed E-state index contributed by atoms with van der Waals surface area (Å²) in [6.45, 7) is 0.581. The fourth-order valence-electron chi connectivity index (χ4n) is 4.25. The van der Waals surface area contributed by atoms with Crippen LogP contribution in [0.3, 0.4) is 0 Å². The second-order valence-electron chi connectivity index (χ2n) is 9.13. The van der Waals surface area contributed by atoms with Crippen LogP contribution in [-0.2, 0) is 14.0 Å². The number of esters is 1. The average molecular weight is 550 g/mol. The minimum absolute atomic E-state index is 0.0245. The van der Waals surface area contributed by atoms with E-state index in [2.05, 4.69) is 20.3 Å². The van der Waals surface area contributed by atoms with Crippen LogP contribution in [0.4, 0.5) is 5.82 Å². The summed E-state index contributed by atoms with van der Waals surface area (Å²) in [4.78, 5) is 38.2. The third-order valence-electron chi connectivity index (χ3n) is 6.15. The maximum Gasteiger partial charge on any atom is 0.338 e. The molecule has 4 aromatic rings. The Kier molecular flexibility index (Phi) is 8.08. The number of hydrogen-bond donors (Lipinski definition) is 1. The van der Waals surface area contributed by atoms with Crippen LogP contribution in [-0.4, -0.2) is 80.6 Å². The lowest BCUT2D eigenvalue weighted by atomic mass is 10.2. The number of aromatic nitrogens is 4. The monoisotopic (exact) mass is 549 g/mol. The van der Waals surface area contributed by atoms with Crippen molar-refractivity contribution in [2.45, 2.75) is 12.3 Å². The minimum Gasteiger partial charge on any atom is -0.459 e. The summed E-state index contributed by atoms with van der Waals surface area (Å²) < 4.78 is 30.1. The first-order chi connectivity index (χ1) is 18.9. The van der Waals surface area contributed by atoms with Crippen molar-refractivity contribution in [1.82, 2.24) is 28.9 Å². The fraction of sp³-hybridized carbons (Fsp3) is 0.269. The van der Waals surface area contributed by atoms with Gasteiger partial charge in [0.2, 0.25) is 8.10 Å². The minimum atomic E-state index is -2.29. The molecule has 3 atom stereocenters. The van der Waals surface area contributed by atoms with E-state index < -0.39 is 26.4 Å². The SMILES string of the molecule is CN(C)[PH](=O)N1C[C@@H](COC(=O)c2ccccc2)O[C@@H](n2cnc3c(NC(=O)c4ccccc4)ncnc32)C1. The molecule has 0 spiro atoms. The Morgan fingerprint density at radius 1 is 1.03 bits per heavy atom. The topological polar surface area (TPSA) is 132 Å². The van der Waals surface area contributed by atoms with Crippen molar-refractivity contribution in [2.24, 2.45) is 0 Å². The number of carbonyl (C=O) groups is 2. The predicted octanol–water partition coefficient (Wildman–Crippen LogP) is 3.09. The fourth-order valence-corrected chi connectivity index (χ4v) is 5.49. The molecule has 1 N–H and O–H groups in total. The zero-order chi connectivity index (χ0) is 27.4. The largest absolute Gasteiger partial charge is 0.459 e. The Bertz CT molecular complexity index is 1480. The van der Waals surface area contributed by atoms with Gasteiger partial charge in [0.05, 0.1) is 18.4 Å². The second kappa shape index (κ2) is 11.8. The number of imidazole rings is 1. The number of hydrogen-bond acceptors (Lipinski definition) is 8. The van der Waals surface area contributed by atoms with Gasteiger partial charge in [0, 0.05) is 12.1 Å². The second-order valence-corrected chi connectivity index (χ2v) is 11.2. The van der Waals surface area contributed by atoms with Gasteiger partial charge in [-0.3, -0.25) is 13.9 Å². The third kappa shape index (κ3) is 6.04. The molecule has 1 amide bonds. The van der Waals surface area contributed by atoms with Crippen molar-refractivity contribution < 1.29 is 23.6 Å². The quantitative estimate of drug-likeness (QED) is 0.258. The molecule has 5 rings (SSSR count). The lowest BCUT2D eigenvalue weighted by molar-refractivity contribution is -0.117. The Morgan fingerprint density at radius 2 is 1.72 bits per heavy atom. The highest BCUT2D eigenvalue weighted by atomic mass is 31.1. The van der Waals surface area contributed by atoms with Gasteiger partial charge in [-0.2, -0.15) is 0 Å². The highest BCUT2D eigenvalue weighted by Gasteiger charge is 2.34. The van der Waals surface area contributed by atoms with E-state index in [0.717, 1.165) is 0 Å². The van der Waals surface area contributed by atoms with Crippen LogP contribution in [0, 0.1) is 0 Å². The Labute approximate surface area is 225 Å². The normalized spacial score (nSPS) is 18.6. The summed E-state index contributed by atoms with van der Waals surface area (Å²) in [6.07, 6.45) is 1.70. The van der Waals surface area contributed by atoms with E-state index in [1.54, 1.807) is 78.2 Å². The van der Waals surface area contributed by atoms with Crippen molar-refractivity contribution in [2.75, 3.05) is 39.1 Å². The molecule has 2 aromatic heterocycles. The van der Waals surface area contributed by atoms with E-state index in [9.17, 15) is 14.2 Å². The van der Waals surface area contributed by atoms with Crippen LogP contribution in [0.1, 0.15) is 26.9 Å². The number of carbonyl (C=O) groups excluding carboxylic acids is 2. The zero-order valence-corrected chi connectivity index (χ0v) is 22.4. The predicted molar refractivity (Wildman–Crippen MR) is 145 cm³/mol. The molecule has 12 nitrogen and oxygen atoms in total. The van der Waals surface area contributed by atoms with E-state index in [0.29, 0.717) is 35.4 Å². The van der Waals surface area contributed by atoms with Gasteiger partial charge in [-0.15, -0.1) is 0 Å². The van der Waals surface area contributed by atoms with Crippen molar-refractivity contribution >= 4 is 37.0 Å². The molecule has 0 saturated carbocycles. The van der Waals surface area contributed by atoms with Gasteiger partial charge in [0.1, 0.15) is 25.3 Å². The molecular formula is C26H28N7O5P. The first-order valence-corrected chi connectivity index (χ1v) is 13.6. The van der Waals surface area contributed by atoms with Gasteiger partial charge >= 0.3 is 5.97 Å². The zero-order valence-electron chi connectivity index (χ0n) is 21.4. The highest BCUT2D eigenvalue weighted by molar-refractivity contribution is 7.39. The van der Waals surface area contributed by atoms with Crippen molar-refractivity contribution in [3.05, 3.63) is 84.4 Å². The molecule has 1 aliphatic heterocycles. The molecule has 39 heavy (non-hydrogen) atoms. The number of ether oxygens (including phenoxy) is 2. The van der Waals surface area contributed by atoms with Gasteiger partial charge in [-0.05, 0) is 38.4 Å². The maximum absolute atomic E-state index is 13.1. The number of fused-ring (bicyclic) bond motifs is 1. The van der Waals surface area contributed by atoms with Crippen LogP contribution in [0.5, 0.6) is 0 Å². The lowest BCUT2D eigenvalue weighted by Gasteiger charge is -2.38. The molecule has 1 saturated heterocycles. The van der Waals surface area contributed by atoms with E-state index in [-0.39, 0.29) is 18.3 Å². The Morgan fingerprint density at radius 3 is 2.41 bits per heavy atom. The van der Waals surface area contributed by atoms with Gasteiger partial charge in [-0.1, -0.05) is 36.4 Å². The number of nitrogens with one attached hydrogen (secondary N) is 1. The molecule has 0 bridgehead atoms. The van der Waals surface area contributed by atoms with E-state index in [1.165, 1.54) is 6.33 Å². The number of amides is 1. The molecule has 202 valence electrons. The number of morpholine rings is 1. The average Bonchev–Trinajstić information content (AvgIpc) is 3.41. The smallest absolute Gasteiger partial charge is 0.338 e. The van der Waals surface area contributed by atoms with Gasteiger partial charge in [-0.25, -0.2) is 29.1 Å². The Balaban J connectivity index is 1.37. The van der Waals surface area contributed by atoms with E-state index >= 15 is 0 Å². The van der Waals surface area contributed by atoms with Crippen molar-refractivity contribution in [3.8, 4) is 0 Å². The molecule has 1 unspecified atom stereocenters. The van der Waals surface area contributed by atoms with Gasteiger partial charge < -0.3 is 14.8 Å². The van der Waals surface area contributed by atoms with Gasteiger partial charge in [0.25, 0.3) is 5.91 Å². The molecule has 0 aliphatic carbocycles. The van der Waals surface area contributed by atoms with Crippen LogP contribution < -0.4 is 5.32 Å². The number of nitrogens with zero attached hydrogens (tertiary/aromatic N) is 6. The first-order valence-electron chi connectivity index (χ1n) is 12.3. The number of rotatable bonds is 8. The summed E-state index contributed by atoms with van der Waals surface area (Å²) in [6, 6.07) is 17.5. The Hall–Kier alpha value is -3.96. The third-order valence-corrected chi connectivity index (χ3v) is 7.82. The molecule has 3 heterocycles. The molecule has 1 fully saturated rings. The molecule has 0 radical (unpaired) electrons. The molecular weight excluding hydrogens is 521 g/mol. The lowest BCUT2D eigenvalue weighted by Crippen LogP contribution is -2.45. The van der Waals surface area contributed by atoms with E-state index in [1.807, 2.05) is 16.8 Å². The summed E-state index contributed by atoms with van der Waals surface area (Å²) in [5, 5.41) is 2.79. The number of benzene rings is 2. The summed E-state index contributed by atoms with van der Waals surface area (Å²) in [5.74, 6) is -0.529. The first kappa shape index (κ1) is 26.6. The molecule has 1 aliphatic rings. The van der Waals surface area contributed by atoms with Gasteiger partial charge in [0.15, 0.2) is 17.0 Å². The summed E-state index contributed by atoms with van der Waals surface area (Å²) in [7, 11) is 1.21. The highest BCUT2D eigenvalue weighted by Crippen LogP contribution is 2.36. The maximum atomic E-state index is 13.1. The summed E-state index contributed by atoms with van der Waals surface area (Å²) >= 11 is 0. The van der Waals surface area contributed by atoms with Crippen LogP contribution in [0.25, 0.3) is 11.2 Å². The van der Waals surface area contributed by atoms with Crippen molar-refractivity contribution in [3.63, 3.8) is 0 Å². The number of anilines is 1. The summed E-state index contributed by atoms with van der Waals surface area (Å²) in [5.41, 5.74) is 1.74. The standard InChI is InChI=1S/C26H28N7O5P/c1-31(2)39(36)32-13-20(15-37-26(35)19-11-7-4-8-12-19)38-21(14-32)33-17-29-22-23(27-16-28-24(22)33)30-25(34)18-9-5-3-6-10-18/h3-12,16-17,20-21,39H,13-15H2,1-2H3,(H,27,28,30,34)/t20-,21+/m0/s1. The van der Waals surface area contributed by atoms with Crippen LogP contribution >= 0.6 is 8.10 Å². The van der Waals surface area contributed by atoms with Crippen LogP contribution in [0.2, 0.25) is 0 Å². The van der Waals surface area contributed by atoms with Crippen molar-refractivity contribution in [1.29, 1.82) is 0 Å². The van der Waals surface area contributed by atoms with E-state index in [4.69, 9.17) is 9.47 Å². The molecule has 13 heteroatoms.